The normalized spacial score (nSPS) is 10.8. The van der Waals surface area contributed by atoms with Crippen LogP contribution in [0.4, 0.5) is 4.39 Å². The Labute approximate surface area is 108 Å². The predicted octanol–water partition coefficient (Wildman–Crippen LogP) is 3.62. The van der Waals surface area contributed by atoms with E-state index in [9.17, 15) is 4.39 Å². The van der Waals surface area contributed by atoms with Gasteiger partial charge in [0.1, 0.15) is 5.01 Å². The highest BCUT2D eigenvalue weighted by atomic mass is 35.5. The zero-order valence-electron chi connectivity index (χ0n) is 9.34. The van der Waals surface area contributed by atoms with E-state index in [1.807, 2.05) is 6.92 Å². The van der Waals surface area contributed by atoms with Crippen molar-refractivity contribution in [2.45, 2.75) is 19.9 Å². The summed E-state index contributed by atoms with van der Waals surface area (Å²) in [4.78, 5) is 5.41. The molecule has 90 valence electrons. The van der Waals surface area contributed by atoms with E-state index in [1.165, 1.54) is 17.4 Å². The molecule has 0 fully saturated rings. The largest absolute Gasteiger partial charge is 0.326 e. The zero-order valence-corrected chi connectivity index (χ0v) is 10.9. The molecule has 0 atom stereocenters. The van der Waals surface area contributed by atoms with Crippen LogP contribution in [0.2, 0.25) is 5.02 Å². The first-order valence-electron chi connectivity index (χ1n) is 5.30. The number of hydrogen-bond acceptors (Lipinski definition) is 3. The lowest BCUT2D eigenvalue weighted by Crippen LogP contribution is -1.96. The van der Waals surface area contributed by atoms with Crippen LogP contribution < -0.4 is 5.73 Å². The summed E-state index contributed by atoms with van der Waals surface area (Å²) < 4.78 is 13.8. The lowest BCUT2D eigenvalue weighted by molar-refractivity contribution is 0.631. The summed E-state index contributed by atoms with van der Waals surface area (Å²) in [5.74, 6) is -0.422. The summed E-state index contributed by atoms with van der Waals surface area (Å²) in [5, 5.41) is 0.757. The Morgan fingerprint density at radius 2 is 2.24 bits per heavy atom. The molecule has 5 heteroatoms. The summed E-state index contributed by atoms with van der Waals surface area (Å²) in [6.07, 6.45) is 0.797. The number of aromatic nitrogens is 1. The van der Waals surface area contributed by atoms with Crippen molar-refractivity contribution in [3.8, 4) is 10.6 Å². The molecule has 1 aromatic carbocycles. The number of thiazole rings is 1. The van der Waals surface area contributed by atoms with Crippen molar-refractivity contribution in [2.75, 3.05) is 0 Å². The van der Waals surface area contributed by atoms with Gasteiger partial charge in [0.2, 0.25) is 0 Å². The van der Waals surface area contributed by atoms with Gasteiger partial charge in [0.15, 0.2) is 5.82 Å². The Morgan fingerprint density at radius 1 is 1.47 bits per heavy atom. The van der Waals surface area contributed by atoms with Crippen molar-refractivity contribution in [2.24, 2.45) is 5.73 Å². The molecule has 0 bridgehead atoms. The number of benzene rings is 1. The van der Waals surface area contributed by atoms with E-state index in [0.29, 0.717) is 17.1 Å². The van der Waals surface area contributed by atoms with Gasteiger partial charge in [-0.3, -0.25) is 0 Å². The molecule has 1 heterocycles. The van der Waals surface area contributed by atoms with Gasteiger partial charge in [-0.15, -0.1) is 11.3 Å². The van der Waals surface area contributed by atoms with Crippen LogP contribution in [0.15, 0.2) is 18.2 Å². The van der Waals surface area contributed by atoms with Crippen LogP contribution in [0.3, 0.4) is 0 Å². The summed E-state index contributed by atoms with van der Waals surface area (Å²) in [6, 6.07) is 4.92. The molecule has 17 heavy (non-hydrogen) atoms. The summed E-state index contributed by atoms with van der Waals surface area (Å²) in [6.45, 7) is 2.44. The van der Waals surface area contributed by atoms with Gasteiger partial charge in [-0.1, -0.05) is 24.6 Å². The SMILES string of the molecule is CCc1nc(-c2cccc(Cl)c2F)sc1CN. The summed E-state index contributed by atoms with van der Waals surface area (Å²) in [7, 11) is 0. The van der Waals surface area contributed by atoms with Crippen LogP contribution in [0.5, 0.6) is 0 Å². The maximum absolute atomic E-state index is 13.8. The van der Waals surface area contributed by atoms with Crippen molar-refractivity contribution in [3.05, 3.63) is 39.6 Å². The first kappa shape index (κ1) is 12.5. The minimum absolute atomic E-state index is 0.116. The minimum Gasteiger partial charge on any atom is -0.326 e. The molecule has 0 unspecified atom stereocenters. The highest BCUT2D eigenvalue weighted by Crippen LogP contribution is 2.32. The fourth-order valence-electron chi connectivity index (χ4n) is 1.60. The van der Waals surface area contributed by atoms with E-state index < -0.39 is 5.82 Å². The second-order valence-electron chi connectivity index (χ2n) is 3.55. The number of hydrogen-bond donors (Lipinski definition) is 1. The summed E-state index contributed by atoms with van der Waals surface area (Å²) in [5.41, 5.74) is 7.01. The first-order valence-corrected chi connectivity index (χ1v) is 6.49. The van der Waals surface area contributed by atoms with Crippen LogP contribution in [0.25, 0.3) is 10.6 Å². The van der Waals surface area contributed by atoms with Crippen molar-refractivity contribution in [1.82, 2.24) is 4.98 Å². The van der Waals surface area contributed by atoms with Gasteiger partial charge in [-0.25, -0.2) is 9.37 Å². The maximum atomic E-state index is 13.8. The van der Waals surface area contributed by atoms with Crippen LogP contribution >= 0.6 is 22.9 Å². The number of nitrogens with two attached hydrogens (primary N) is 1. The van der Waals surface area contributed by atoms with Gasteiger partial charge in [0.25, 0.3) is 0 Å². The lowest BCUT2D eigenvalue weighted by Gasteiger charge is -1.99. The standard InChI is InChI=1S/C12H12ClFN2S/c1-2-9-10(6-15)17-12(16-9)7-4-3-5-8(13)11(7)14/h3-5H,2,6,15H2,1H3. The van der Waals surface area contributed by atoms with Gasteiger partial charge in [0, 0.05) is 17.0 Å². The molecule has 0 aliphatic heterocycles. The fraction of sp³-hybridized carbons (Fsp3) is 0.250. The molecule has 2 rings (SSSR count). The molecule has 0 aliphatic rings. The molecule has 2 aromatic rings. The van der Waals surface area contributed by atoms with E-state index >= 15 is 0 Å². The first-order chi connectivity index (χ1) is 8.17. The maximum Gasteiger partial charge on any atom is 0.152 e. The third-order valence-electron chi connectivity index (χ3n) is 2.48. The third-order valence-corrected chi connectivity index (χ3v) is 3.93. The molecule has 0 radical (unpaired) electrons. The van der Waals surface area contributed by atoms with E-state index in [4.69, 9.17) is 17.3 Å². The molecule has 0 aliphatic carbocycles. The number of aryl methyl sites for hydroxylation is 1. The molecule has 0 saturated heterocycles. The van der Waals surface area contributed by atoms with Crippen molar-refractivity contribution < 1.29 is 4.39 Å². The fourth-order valence-corrected chi connectivity index (χ4v) is 2.83. The quantitative estimate of drug-likeness (QED) is 0.925. The molecular weight excluding hydrogens is 259 g/mol. The van der Waals surface area contributed by atoms with Crippen LogP contribution in [-0.4, -0.2) is 4.98 Å². The molecule has 2 nitrogen and oxygen atoms in total. The second kappa shape index (κ2) is 5.12. The highest BCUT2D eigenvalue weighted by Gasteiger charge is 2.14. The van der Waals surface area contributed by atoms with E-state index in [1.54, 1.807) is 12.1 Å². The Kier molecular flexibility index (Phi) is 3.76. The second-order valence-corrected chi connectivity index (χ2v) is 5.04. The summed E-state index contributed by atoms with van der Waals surface area (Å²) >= 11 is 7.18. The van der Waals surface area contributed by atoms with Crippen LogP contribution in [0.1, 0.15) is 17.5 Å². The Hall–Kier alpha value is -0.970. The smallest absolute Gasteiger partial charge is 0.152 e. The topological polar surface area (TPSA) is 38.9 Å². The number of halogens is 2. The van der Waals surface area contributed by atoms with E-state index in [2.05, 4.69) is 4.98 Å². The molecule has 0 spiro atoms. The Bertz CT molecular complexity index is 518. The third kappa shape index (κ3) is 2.34. The monoisotopic (exact) mass is 270 g/mol. The average Bonchev–Trinajstić information content (AvgIpc) is 2.75. The zero-order chi connectivity index (χ0) is 12.4. The molecular formula is C12H12ClFN2S. The van der Waals surface area contributed by atoms with Gasteiger partial charge >= 0.3 is 0 Å². The predicted molar refractivity (Wildman–Crippen MR) is 69.8 cm³/mol. The Morgan fingerprint density at radius 3 is 2.82 bits per heavy atom. The highest BCUT2D eigenvalue weighted by molar-refractivity contribution is 7.15. The minimum atomic E-state index is -0.422. The molecule has 0 amide bonds. The van der Waals surface area contributed by atoms with Crippen molar-refractivity contribution in [3.63, 3.8) is 0 Å². The van der Waals surface area contributed by atoms with Gasteiger partial charge < -0.3 is 5.73 Å². The van der Waals surface area contributed by atoms with Crippen LogP contribution in [0, 0.1) is 5.82 Å². The van der Waals surface area contributed by atoms with Crippen molar-refractivity contribution >= 4 is 22.9 Å². The molecule has 0 saturated carbocycles. The van der Waals surface area contributed by atoms with Gasteiger partial charge in [0.05, 0.1) is 10.7 Å². The van der Waals surface area contributed by atoms with E-state index in [0.717, 1.165) is 17.0 Å². The molecule has 1 aromatic heterocycles. The van der Waals surface area contributed by atoms with Crippen LogP contribution in [-0.2, 0) is 13.0 Å². The average molecular weight is 271 g/mol. The lowest BCUT2D eigenvalue weighted by atomic mass is 10.2. The molecule has 2 N–H and O–H groups in total. The van der Waals surface area contributed by atoms with E-state index in [-0.39, 0.29) is 5.02 Å². The van der Waals surface area contributed by atoms with Gasteiger partial charge in [-0.05, 0) is 18.6 Å². The Balaban J connectivity index is 2.53. The van der Waals surface area contributed by atoms with Gasteiger partial charge in [-0.2, -0.15) is 0 Å². The van der Waals surface area contributed by atoms with Crippen molar-refractivity contribution in [1.29, 1.82) is 0 Å². The number of nitrogens with zero attached hydrogens (tertiary/aromatic N) is 1. The number of rotatable bonds is 3.